The summed E-state index contributed by atoms with van der Waals surface area (Å²) in [6.45, 7) is 14.3. The van der Waals surface area contributed by atoms with Crippen molar-refractivity contribution in [2.45, 2.75) is 80.2 Å². The number of hydrogen-bond acceptors (Lipinski definition) is 9. The van der Waals surface area contributed by atoms with Crippen molar-refractivity contribution in [3.05, 3.63) is 0 Å². The lowest BCUT2D eigenvalue weighted by molar-refractivity contribution is -0.155. The van der Waals surface area contributed by atoms with Crippen molar-refractivity contribution in [3.63, 3.8) is 0 Å². The summed E-state index contributed by atoms with van der Waals surface area (Å²) in [7, 11) is 1.57. The molecule has 0 saturated carbocycles. The number of rotatable bonds is 24. The summed E-state index contributed by atoms with van der Waals surface area (Å²) in [6, 6.07) is 0. The lowest BCUT2D eigenvalue weighted by Gasteiger charge is -2.41. The number of ether oxygens (including phenoxy) is 4. The second-order valence-corrected chi connectivity index (χ2v) is 11.6. The molecule has 0 heterocycles. The van der Waals surface area contributed by atoms with Crippen LogP contribution in [-0.2, 0) is 42.9 Å². The van der Waals surface area contributed by atoms with Crippen molar-refractivity contribution in [3.8, 4) is 0 Å². The molecule has 0 rings (SSSR count). The summed E-state index contributed by atoms with van der Waals surface area (Å²) in [5, 5.41) is 0. The van der Waals surface area contributed by atoms with Crippen LogP contribution in [-0.4, -0.2) is 99.4 Å². The van der Waals surface area contributed by atoms with E-state index in [1.807, 2.05) is 41.5 Å². The van der Waals surface area contributed by atoms with Crippen LogP contribution in [0.1, 0.15) is 74.7 Å². The smallest absolute Gasteiger partial charge is 0.249 e. The Kier molecular flexibility index (Phi) is 19.0. The van der Waals surface area contributed by atoms with E-state index in [2.05, 4.69) is 0 Å². The van der Waals surface area contributed by atoms with Gasteiger partial charge in [0.1, 0.15) is 36.1 Å². The van der Waals surface area contributed by atoms with Crippen LogP contribution >= 0.6 is 0 Å². The molecule has 0 N–H and O–H groups in total. The van der Waals surface area contributed by atoms with Gasteiger partial charge in [-0.05, 0) is 0 Å². The third kappa shape index (κ3) is 15.1. The largest absolute Gasteiger partial charge is 0.378 e. The molecule has 1 amide bonds. The van der Waals surface area contributed by atoms with Crippen molar-refractivity contribution >= 4 is 29.0 Å². The molecule has 0 saturated heterocycles. The second-order valence-electron chi connectivity index (χ2n) is 11.6. The number of ketones is 4. The molecule has 0 unspecified atom stereocenters. The Hall–Kier alpha value is -2.01. The molecule has 0 radical (unpaired) electrons. The summed E-state index contributed by atoms with van der Waals surface area (Å²) in [5.74, 6) is -0.914. The van der Waals surface area contributed by atoms with Gasteiger partial charge in [-0.2, -0.15) is 0 Å². The average Bonchev–Trinajstić information content (AvgIpc) is 2.89. The van der Waals surface area contributed by atoms with Crippen LogP contribution in [0.15, 0.2) is 0 Å². The topological polar surface area (TPSA) is 126 Å². The highest BCUT2D eigenvalue weighted by Crippen LogP contribution is 2.19. The summed E-state index contributed by atoms with van der Waals surface area (Å²) in [5.41, 5.74) is -1.13. The first kappa shape index (κ1) is 38.0. The molecule has 0 bridgehead atoms. The number of likely N-dealkylation sites (N-methyl/N-ethyl adjacent to an activating group) is 1. The van der Waals surface area contributed by atoms with E-state index in [1.165, 1.54) is 4.90 Å². The third-order valence-corrected chi connectivity index (χ3v) is 6.72. The lowest BCUT2D eigenvalue weighted by atomic mass is 10.00. The molecule has 10 nitrogen and oxygen atoms in total. The van der Waals surface area contributed by atoms with Gasteiger partial charge in [-0.25, -0.2) is 0 Å². The Bertz CT molecular complexity index is 736. The standard InChI is InChI=1S/C30H53NO9/c1-21(2)25(32)10-13-37-18-30(19-38-14-11-26(33)22(3)4,20-39-15-12-27(34)23(5)6)31(9)29(36)17-40-16-28(35)24(7)8/h21-24H,10-20H2,1-9H3. The Balaban J connectivity index is 5.72. The van der Waals surface area contributed by atoms with Gasteiger partial charge in [-0.1, -0.05) is 55.4 Å². The van der Waals surface area contributed by atoms with Crippen LogP contribution in [0, 0.1) is 23.7 Å². The maximum Gasteiger partial charge on any atom is 0.249 e. The zero-order chi connectivity index (χ0) is 30.9. The molecule has 0 aromatic rings. The Morgan fingerprint density at radius 2 is 0.850 bits per heavy atom. The van der Waals surface area contributed by atoms with Crippen LogP contribution in [0.2, 0.25) is 0 Å². The predicted molar refractivity (Wildman–Crippen MR) is 152 cm³/mol. The normalized spacial score (nSPS) is 12.0. The monoisotopic (exact) mass is 571 g/mol. The first-order chi connectivity index (χ1) is 18.6. The highest BCUT2D eigenvalue weighted by Gasteiger charge is 2.39. The summed E-state index contributed by atoms with van der Waals surface area (Å²) in [4.78, 5) is 62.8. The van der Waals surface area contributed by atoms with Gasteiger partial charge < -0.3 is 23.8 Å². The predicted octanol–water partition coefficient (Wildman–Crippen LogP) is 3.32. The zero-order valence-electron chi connectivity index (χ0n) is 26.2. The van der Waals surface area contributed by atoms with Gasteiger partial charge in [0.25, 0.3) is 0 Å². The molecule has 40 heavy (non-hydrogen) atoms. The second kappa shape index (κ2) is 20.0. The molecule has 0 aliphatic carbocycles. The molecule has 0 fully saturated rings. The van der Waals surface area contributed by atoms with E-state index in [4.69, 9.17) is 18.9 Å². The summed E-state index contributed by atoms with van der Waals surface area (Å²) >= 11 is 0. The van der Waals surface area contributed by atoms with Crippen molar-refractivity contribution < 1.29 is 42.9 Å². The minimum atomic E-state index is -1.13. The van der Waals surface area contributed by atoms with Crippen molar-refractivity contribution in [1.82, 2.24) is 4.90 Å². The van der Waals surface area contributed by atoms with E-state index in [0.29, 0.717) is 0 Å². The molecule has 0 aromatic heterocycles. The SMILES string of the molecule is CC(C)C(=O)CCOCC(COCCC(=O)C(C)C)(COCCC(=O)C(C)C)N(C)C(=O)COCC(=O)C(C)C. The van der Waals surface area contributed by atoms with Crippen LogP contribution in [0.4, 0.5) is 0 Å². The molecule has 0 atom stereocenters. The molecule has 0 aromatic carbocycles. The van der Waals surface area contributed by atoms with E-state index in [0.717, 1.165) is 0 Å². The zero-order valence-corrected chi connectivity index (χ0v) is 26.2. The average molecular weight is 572 g/mol. The number of amides is 1. The quantitative estimate of drug-likeness (QED) is 0.160. The van der Waals surface area contributed by atoms with Gasteiger partial charge >= 0.3 is 0 Å². The number of Topliss-reactive ketones (excluding diaryl/α,β-unsaturated/α-hetero) is 4. The number of carbonyl (C=O) groups excluding carboxylic acids is 5. The highest BCUT2D eigenvalue weighted by molar-refractivity contribution is 5.83. The highest BCUT2D eigenvalue weighted by atomic mass is 16.5. The van der Waals surface area contributed by atoms with Gasteiger partial charge in [-0.15, -0.1) is 0 Å². The third-order valence-electron chi connectivity index (χ3n) is 6.72. The van der Waals surface area contributed by atoms with E-state index >= 15 is 0 Å². The van der Waals surface area contributed by atoms with E-state index in [-0.39, 0.29) is 119 Å². The van der Waals surface area contributed by atoms with Crippen LogP contribution < -0.4 is 0 Å². The van der Waals surface area contributed by atoms with Crippen molar-refractivity contribution in [2.75, 3.05) is 59.9 Å². The Labute approximate surface area is 240 Å². The van der Waals surface area contributed by atoms with Gasteiger partial charge in [0.2, 0.25) is 5.91 Å². The Morgan fingerprint density at radius 3 is 1.15 bits per heavy atom. The Morgan fingerprint density at radius 1 is 0.525 bits per heavy atom. The fourth-order valence-corrected chi connectivity index (χ4v) is 3.35. The first-order valence-electron chi connectivity index (χ1n) is 14.3. The lowest BCUT2D eigenvalue weighted by Crippen LogP contribution is -2.60. The fraction of sp³-hybridized carbons (Fsp3) is 0.833. The van der Waals surface area contributed by atoms with Crippen LogP contribution in [0.5, 0.6) is 0 Å². The minimum Gasteiger partial charge on any atom is -0.378 e. The van der Waals surface area contributed by atoms with E-state index < -0.39 is 11.4 Å². The maximum atomic E-state index is 13.2. The van der Waals surface area contributed by atoms with Crippen LogP contribution in [0.25, 0.3) is 0 Å². The number of nitrogens with zero attached hydrogens (tertiary/aromatic N) is 1. The van der Waals surface area contributed by atoms with Crippen molar-refractivity contribution in [2.24, 2.45) is 23.7 Å². The van der Waals surface area contributed by atoms with Gasteiger partial charge in [-0.3, -0.25) is 24.0 Å². The van der Waals surface area contributed by atoms with E-state index in [1.54, 1.807) is 20.9 Å². The number of carbonyl (C=O) groups is 5. The molecular weight excluding hydrogens is 518 g/mol. The number of hydrogen-bond donors (Lipinski definition) is 0. The van der Waals surface area contributed by atoms with Crippen LogP contribution in [0.3, 0.4) is 0 Å². The molecule has 232 valence electrons. The maximum absolute atomic E-state index is 13.2. The van der Waals surface area contributed by atoms with E-state index in [9.17, 15) is 24.0 Å². The molecule has 10 heteroatoms. The molecule has 0 aliphatic rings. The summed E-state index contributed by atoms with van der Waals surface area (Å²) in [6.07, 6.45) is 0.665. The fourth-order valence-electron chi connectivity index (χ4n) is 3.35. The van der Waals surface area contributed by atoms with Gasteiger partial charge in [0.05, 0.1) is 39.6 Å². The van der Waals surface area contributed by atoms with Crippen molar-refractivity contribution in [1.29, 1.82) is 0 Å². The first-order valence-corrected chi connectivity index (χ1v) is 14.3. The molecule has 0 aliphatic heterocycles. The van der Waals surface area contributed by atoms with Gasteiger partial charge in [0, 0.05) is 50.0 Å². The molecular formula is C30H53NO9. The van der Waals surface area contributed by atoms with Gasteiger partial charge in [0.15, 0.2) is 5.78 Å². The summed E-state index contributed by atoms with van der Waals surface area (Å²) < 4.78 is 23.1. The molecule has 0 spiro atoms. The minimum absolute atomic E-state index is 0.0121.